The number of carboxylic acids is 1. The zero-order valence-electron chi connectivity index (χ0n) is 13.9. The molecule has 1 atom stereocenters. The van der Waals surface area contributed by atoms with Gasteiger partial charge in [0.1, 0.15) is 6.04 Å². The first-order valence-corrected chi connectivity index (χ1v) is 8.37. The molecule has 1 aromatic rings. The van der Waals surface area contributed by atoms with E-state index >= 15 is 0 Å². The Bertz CT molecular complexity index is 552. The van der Waals surface area contributed by atoms with Crippen molar-refractivity contribution < 1.29 is 19.5 Å². The number of amides is 2. The summed E-state index contributed by atoms with van der Waals surface area (Å²) in [6.45, 7) is 7.09. The van der Waals surface area contributed by atoms with Crippen molar-refractivity contribution >= 4 is 29.1 Å². The first kappa shape index (κ1) is 19.2. The highest BCUT2D eigenvalue weighted by atomic mass is 32.1. The molecule has 3 N–H and O–H groups in total. The first-order valence-electron chi connectivity index (χ1n) is 7.49. The fourth-order valence-corrected chi connectivity index (χ4v) is 2.91. The number of carboxylic acid groups (broad SMARTS) is 1. The highest BCUT2D eigenvalue weighted by Gasteiger charge is 2.31. The Kier molecular flexibility index (Phi) is 6.75. The molecule has 128 valence electrons. The number of thiophene rings is 1. The lowest BCUT2D eigenvalue weighted by atomic mass is 9.90. The molecule has 0 saturated carbocycles. The van der Waals surface area contributed by atoms with E-state index in [0.717, 1.165) is 4.88 Å². The van der Waals surface area contributed by atoms with E-state index in [2.05, 4.69) is 10.6 Å². The van der Waals surface area contributed by atoms with Crippen molar-refractivity contribution in [3.05, 3.63) is 22.4 Å². The molecule has 0 aliphatic carbocycles. The maximum atomic E-state index is 12.3. The fraction of sp³-hybridized carbons (Fsp3) is 0.562. The van der Waals surface area contributed by atoms with Crippen LogP contribution in [-0.4, -0.2) is 35.5 Å². The lowest BCUT2D eigenvalue weighted by molar-refractivity contribution is -0.142. The summed E-state index contributed by atoms with van der Waals surface area (Å²) in [6.07, 6.45) is 0.343. The Balaban J connectivity index is 2.55. The SMILES string of the molecule is CC(C)C[C@H](NC(=O)CNC(=O)C(C)(C)c1cccs1)C(=O)O. The van der Waals surface area contributed by atoms with Crippen LogP contribution in [0, 0.1) is 5.92 Å². The first-order chi connectivity index (χ1) is 10.6. The van der Waals surface area contributed by atoms with Crippen LogP contribution in [0.4, 0.5) is 0 Å². The molecule has 0 aliphatic rings. The summed E-state index contributed by atoms with van der Waals surface area (Å²) in [5.41, 5.74) is -0.738. The van der Waals surface area contributed by atoms with Crippen molar-refractivity contribution in [2.24, 2.45) is 5.92 Å². The number of carbonyl (C=O) groups excluding carboxylic acids is 2. The summed E-state index contributed by atoms with van der Waals surface area (Å²) < 4.78 is 0. The van der Waals surface area contributed by atoms with E-state index < -0.39 is 23.3 Å². The molecule has 1 heterocycles. The van der Waals surface area contributed by atoms with Crippen LogP contribution in [0.15, 0.2) is 17.5 Å². The third kappa shape index (κ3) is 5.67. The summed E-state index contributed by atoms with van der Waals surface area (Å²) in [5, 5.41) is 16.0. The molecule has 23 heavy (non-hydrogen) atoms. The van der Waals surface area contributed by atoms with E-state index in [0.29, 0.717) is 6.42 Å². The van der Waals surface area contributed by atoms with E-state index in [1.54, 1.807) is 13.8 Å². The van der Waals surface area contributed by atoms with Gasteiger partial charge in [-0.2, -0.15) is 0 Å². The summed E-state index contributed by atoms with van der Waals surface area (Å²) >= 11 is 1.47. The minimum absolute atomic E-state index is 0.142. The molecule has 0 aliphatic heterocycles. The van der Waals surface area contributed by atoms with Gasteiger partial charge < -0.3 is 15.7 Å². The molecular weight excluding hydrogens is 316 g/mol. The predicted octanol–water partition coefficient (Wildman–Crippen LogP) is 1.76. The van der Waals surface area contributed by atoms with Crippen LogP contribution >= 0.6 is 11.3 Å². The highest BCUT2D eigenvalue weighted by Crippen LogP contribution is 2.27. The smallest absolute Gasteiger partial charge is 0.326 e. The normalized spacial score (nSPS) is 12.7. The number of rotatable bonds is 8. The van der Waals surface area contributed by atoms with Crippen molar-refractivity contribution in [2.45, 2.75) is 45.6 Å². The molecular formula is C16H24N2O4S. The van der Waals surface area contributed by atoms with Gasteiger partial charge in [-0.25, -0.2) is 4.79 Å². The molecule has 1 aromatic heterocycles. The van der Waals surface area contributed by atoms with E-state index in [4.69, 9.17) is 5.11 Å². The third-order valence-electron chi connectivity index (χ3n) is 3.45. The van der Waals surface area contributed by atoms with Crippen molar-refractivity contribution in [3.8, 4) is 0 Å². The molecule has 0 saturated heterocycles. The van der Waals surface area contributed by atoms with Crippen LogP contribution < -0.4 is 10.6 Å². The average molecular weight is 340 g/mol. The second kappa shape index (κ2) is 8.10. The van der Waals surface area contributed by atoms with Crippen molar-refractivity contribution in [1.82, 2.24) is 10.6 Å². The van der Waals surface area contributed by atoms with E-state index in [1.807, 2.05) is 31.4 Å². The zero-order chi connectivity index (χ0) is 17.6. The Labute approximate surface area is 140 Å². The van der Waals surface area contributed by atoms with Gasteiger partial charge in [0.15, 0.2) is 0 Å². The number of aliphatic carboxylic acids is 1. The maximum absolute atomic E-state index is 12.3. The minimum atomic E-state index is -1.07. The summed E-state index contributed by atoms with van der Waals surface area (Å²) in [7, 11) is 0. The van der Waals surface area contributed by atoms with Crippen LogP contribution in [0.1, 0.15) is 39.0 Å². The topological polar surface area (TPSA) is 95.5 Å². The van der Waals surface area contributed by atoms with Gasteiger partial charge in [-0.1, -0.05) is 19.9 Å². The zero-order valence-corrected chi connectivity index (χ0v) is 14.7. The van der Waals surface area contributed by atoms with E-state index in [-0.39, 0.29) is 18.4 Å². The standard InChI is InChI=1S/C16H24N2O4S/c1-10(2)8-11(14(20)21)18-13(19)9-17-15(22)16(3,4)12-6-5-7-23-12/h5-7,10-11H,8-9H2,1-4H3,(H,17,22)(H,18,19)(H,20,21)/t11-/m0/s1. The Hall–Kier alpha value is -1.89. The Morgan fingerprint density at radius 2 is 1.96 bits per heavy atom. The highest BCUT2D eigenvalue weighted by molar-refractivity contribution is 7.10. The van der Waals surface area contributed by atoms with Crippen molar-refractivity contribution in [1.29, 1.82) is 0 Å². The Morgan fingerprint density at radius 1 is 1.30 bits per heavy atom. The lowest BCUT2D eigenvalue weighted by Gasteiger charge is -2.22. The second-order valence-electron chi connectivity index (χ2n) is 6.37. The third-order valence-corrected chi connectivity index (χ3v) is 4.65. The van der Waals surface area contributed by atoms with E-state index in [9.17, 15) is 14.4 Å². The molecule has 0 aromatic carbocycles. The Morgan fingerprint density at radius 3 is 2.43 bits per heavy atom. The number of hydrogen-bond acceptors (Lipinski definition) is 4. The fourth-order valence-electron chi connectivity index (χ4n) is 2.07. The van der Waals surface area contributed by atoms with Gasteiger partial charge in [0.25, 0.3) is 0 Å². The van der Waals surface area contributed by atoms with Gasteiger partial charge >= 0.3 is 5.97 Å². The molecule has 2 amide bonds. The van der Waals surface area contributed by atoms with Crippen LogP contribution in [0.5, 0.6) is 0 Å². The molecule has 7 heteroatoms. The summed E-state index contributed by atoms with van der Waals surface area (Å²) in [6, 6.07) is 2.79. The quantitative estimate of drug-likeness (QED) is 0.672. The van der Waals surface area contributed by atoms with Crippen molar-refractivity contribution in [3.63, 3.8) is 0 Å². The van der Waals surface area contributed by atoms with Gasteiger partial charge in [0.05, 0.1) is 12.0 Å². The largest absolute Gasteiger partial charge is 0.480 e. The predicted molar refractivity (Wildman–Crippen MR) is 89.4 cm³/mol. The van der Waals surface area contributed by atoms with E-state index in [1.165, 1.54) is 11.3 Å². The van der Waals surface area contributed by atoms with Gasteiger partial charge in [-0.05, 0) is 37.6 Å². The molecule has 0 fully saturated rings. The van der Waals surface area contributed by atoms with Gasteiger partial charge in [-0.15, -0.1) is 11.3 Å². The second-order valence-corrected chi connectivity index (χ2v) is 7.32. The molecule has 1 rings (SSSR count). The monoisotopic (exact) mass is 340 g/mol. The van der Waals surface area contributed by atoms with Gasteiger partial charge in [0.2, 0.25) is 11.8 Å². The lowest BCUT2D eigenvalue weighted by Crippen LogP contribution is -2.48. The number of nitrogens with one attached hydrogen (secondary N) is 2. The summed E-state index contributed by atoms with van der Waals surface area (Å²) in [4.78, 5) is 36.2. The van der Waals surface area contributed by atoms with Crippen LogP contribution in [0.3, 0.4) is 0 Å². The molecule has 0 bridgehead atoms. The van der Waals surface area contributed by atoms with Gasteiger partial charge in [0, 0.05) is 4.88 Å². The van der Waals surface area contributed by atoms with Crippen molar-refractivity contribution in [2.75, 3.05) is 6.54 Å². The molecule has 0 unspecified atom stereocenters. The average Bonchev–Trinajstić information content (AvgIpc) is 2.98. The van der Waals surface area contributed by atoms with Crippen LogP contribution in [0.25, 0.3) is 0 Å². The maximum Gasteiger partial charge on any atom is 0.326 e. The molecule has 6 nitrogen and oxygen atoms in total. The minimum Gasteiger partial charge on any atom is -0.480 e. The molecule has 0 spiro atoms. The summed E-state index contributed by atoms with van der Waals surface area (Å²) in [5.74, 6) is -1.71. The van der Waals surface area contributed by atoms with Gasteiger partial charge in [-0.3, -0.25) is 9.59 Å². The number of hydrogen-bond donors (Lipinski definition) is 3. The van der Waals surface area contributed by atoms with Crippen LogP contribution in [0.2, 0.25) is 0 Å². The van der Waals surface area contributed by atoms with Crippen LogP contribution in [-0.2, 0) is 19.8 Å². The molecule has 0 radical (unpaired) electrons. The number of carbonyl (C=O) groups is 3.